The van der Waals surface area contributed by atoms with Crippen LogP contribution in [0.25, 0.3) is 21.5 Å². The number of aromatic nitrogens is 1. The van der Waals surface area contributed by atoms with Crippen LogP contribution in [0.3, 0.4) is 0 Å². The number of para-hydroxylation sites is 1. The lowest BCUT2D eigenvalue weighted by Gasteiger charge is -2.35. The number of benzene rings is 1. The number of ether oxygens (including phenoxy) is 2. The number of hydrogen-bond acceptors (Lipinski definition) is 6. The van der Waals surface area contributed by atoms with Crippen molar-refractivity contribution in [1.82, 2.24) is 9.88 Å². The van der Waals surface area contributed by atoms with Crippen molar-refractivity contribution in [2.75, 3.05) is 19.7 Å². The van der Waals surface area contributed by atoms with E-state index in [1.165, 1.54) is 11.3 Å². The lowest BCUT2D eigenvalue weighted by atomic mass is 10.1. The summed E-state index contributed by atoms with van der Waals surface area (Å²) < 4.78 is 11.7. The molecular formula is C22H21ClN2O4S. The first-order valence-electron chi connectivity index (χ1n) is 9.66. The molecule has 156 valence electrons. The number of morpholine rings is 1. The number of amides is 1. The van der Waals surface area contributed by atoms with Crippen molar-refractivity contribution in [3.8, 4) is 10.6 Å². The Kier molecular flexibility index (Phi) is 6.04. The topological polar surface area (TPSA) is 68.7 Å². The molecule has 2 unspecified atom stereocenters. The minimum atomic E-state index is -0.555. The molecule has 1 amide bonds. The van der Waals surface area contributed by atoms with Crippen LogP contribution in [0.4, 0.5) is 0 Å². The SMILES string of the molecule is CC1CN(C(=O)COC(=O)c2cc(-c3ccc(Cl)s3)nc3ccccc23)CC(C)O1. The Hall–Kier alpha value is -2.48. The number of thiophene rings is 1. The summed E-state index contributed by atoms with van der Waals surface area (Å²) in [6, 6.07) is 12.7. The fourth-order valence-corrected chi connectivity index (χ4v) is 4.60. The van der Waals surface area contributed by atoms with Crippen LogP contribution in [0.5, 0.6) is 0 Å². The van der Waals surface area contributed by atoms with E-state index in [4.69, 9.17) is 21.1 Å². The molecule has 0 radical (unpaired) electrons. The second-order valence-corrected chi connectivity index (χ2v) is 9.02. The van der Waals surface area contributed by atoms with Gasteiger partial charge in [0.25, 0.3) is 5.91 Å². The molecule has 0 bridgehead atoms. The normalized spacial score (nSPS) is 19.1. The van der Waals surface area contributed by atoms with Gasteiger partial charge in [0.05, 0.1) is 38.2 Å². The molecule has 0 N–H and O–H groups in total. The minimum absolute atomic E-state index is 0.0438. The molecule has 3 heterocycles. The zero-order valence-electron chi connectivity index (χ0n) is 16.6. The predicted molar refractivity (Wildman–Crippen MR) is 117 cm³/mol. The molecule has 1 aromatic carbocycles. The molecule has 1 aliphatic heterocycles. The summed E-state index contributed by atoms with van der Waals surface area (Å²) in [4.78, 5) is 32.6. The van der Waals surface area contributed by atoms with Gasteiger partial charge in [-0.1, -0.05) is 29.8 Å². The van der Waals surface area contributed by atoms with Crippen molar-refractivity contribution in [3.63, 3.8) is 0 Å². The molecule has 4 rings (SSSR count). The largest absolute Gasteiger partial charge is 0.452 e. The molecule has 0 saturated carbocycles. The Labute approximate surface area is 183 Å². The van der Waals surface area contributed by atoms with Gasteiger partial charge in [-0.2, -0.15) is 0 Å². The smallest absolute Gasteiger partial charge is 0.339 e. The summed E-state index contributed by atoms with van der Waals surface area (Å²) in [7, 11) is 0. The van der Waals surface area contributed by atoms with E-state index in [1.54, 1.807) is 17.0 Å². The first kappa shape index (κ1) is 20.8. The van der Waals surface area contributed by atoms with Crippen LogP contribution in [0.2, 0.25) is 4.34 Å². The Morgan fingerprint density at radius 2 is 1.93 bits per heavy atom. The van der Waals surface area contributed by atoms with Crippen LogP contribution in [0.1, 0.15) is 24.2 Å². The molecule has 6 nitrogen and oxygen atoms in total. The summed E-state index contributed by atoms with van der Waals surface area (Å²) in [5, 5.41) is 0.676. The number of halogens is 1. The molecule has 0 aliphatic carbocycles. The van der Waals surface area contributed by atoms with Gasteiger partial charge in [0, 0.05) is 18.5 Å². The lowest BCUT2D eigenvalue weighted by molar-refractivity contribution is -0.146. The predicted octanol–water partition coefficient (Wildman–Crippen LogP) is 4.41. The highest BCUT2D eigenvalue weighted by molar-refractivity contribution is 7.19. The Balaban J connectivity index is 1.56. The van der Waals surface area contributed by atoms with E-state index in [1.807, 2.05) is 44.2 Å². The van der Waals surface area contributed by atoms with Crippen molar-refractivity contribution < 1.29 is 19.1 Å². The van der Waals surface area contributed by atoms with Gasteiger partial charge in [-0.3, -0.25) is 4.79 Å². The van der Waals surface area contributed by atoms with E-state index in [2.05, 4.69) is 4.98 Å². The number of rotatable bonds is 4. The van der Waals surface area contributed by atoms with E-state index in [9.17, 15) is 9.59 Å². The van der Waals surface area contributed by atoms with Crippen LogP contribution < -0.4 is 0 Å². The highest BCUT2D eigenvalue weighted by atomic mass is 35.5. The van der Waals surface area contributed by atoms with Gasteiger partial charge in [0.15, 0.2) is 6.61 Å². The van der Waals surface area contributed by atoms with Gasteiger partial charge < -0.3 is 14.4 Å². The maximum absolute atomic E-state index is 12.9. The molecule has 1 fully saturated rings. The summed E-state index contributed by atoms with van der Waals surface area (Å²) in [5.74, 6) is -0.783. The molecule has 0 spiro atoms. The molecule has 8 heteroatoms. The lowest BCUT2D eigenvalue weighted by Crippen LogP contribution is -2.49. The second-order valence-electron chi connectivity index (χ2n) is 7.31. The van der Waals surface area contributed by atoms with Gasteiger partial charge in [0.1, 0.15) is 0 Å². The Morgan fingerprint density at radius 3 is 2.63 bits per heavy atom. The standard InChI is InChI=1S/C22H21ClN2O4S/c1-13-10-25(11-14(2)29-13)21(26)12-28-22(27)16-9-18(19-7-8-20(23)30-19)24-17-6-4-3-5-15(16)17/h3-9,13-14H,10-12H2,1-2H3. The van der Waals surface area contributed by atoms with E-state index in [0.29, 0.717) is 39.6 Å². The molecule has 30 heavy (non-hydrogen) atoms. The first-order valence-corrected chi connectivity index (χ1v) is 10.9. The second kappa shape index (κ2) is 8.71. The minimum Gasteiger partial charge on any atom is -0.452 e. The van der Waals surface area contributed by atoms with Crippen LogP contribution in [0.15, 0.2) is 42.5 Å². The van der Waals surface area contributed by atoms with E-state index < -0.39 is 5.97 Å². The molecule has 2 atom stereocenters. The summed E-state index contributed by atoms with van der Waals surface area (Å²) >= 11 is 7.44. The average Bonchev–Trinajstić information content (AvgIpc) is 3.16. The third-order valence-electron chi connectivity index (χ3n) is 4.86. The van der Waals surface area contributed by atoms with Crippen LogP contribution in [-0.4, -0.2) is 53.7 Å². The zero-order chi connectivity index (χ0) is 21.3. The molecule has 1 saturated heterocycles. The van der Waals surface area contributed by atoms with Crippen molar-refractivity contribution in [3.05, 3.63) is 52.4 Å². The first-order chi connectivity index (χ1) is 14.4. The summed E-state index contributed by atoms with van der Waals surface area (Å²) in [6.07, 6.45) is -0.0876. The fourth-order valence-electron chi connectivity index (χ4n) is 3.60. The van der Waals surface area contributed by atoms with Crippen LogP contribution in [0, 0.1) is 0 Å². The van der Waals surface area contributed by atoms with E-state index >= 15 is 0 Å². The Bertz CT molecular complexity index is 1090. The number of carbonyl (C=O) groups is 2. The van der Waals surface area contributed by atoms with E-state index in [-0.39, 0.29) is 24.7 Å². The fraction of sp³-hybridized carbons (Fsp3) is 0.318. The van der Waals surface area contributed by atoms with Gasteiger partial charge in [-0.05, 0) is 38.1 Å². The number of hydrogen-bond donors (Lipinski definition) is 0. The number of nitrogens with zero attached hydrogens (tertiary/aromatic N) is 2. The van der Waals surface area contributed by atoms with Crippen molar-refractivity contribution in [2.24, 2.45) is 0 Å². The number of esters is 1. The highest BCUT2D eigenvalue weighted by Gasteiger charge is 2.27. The number of fused-ring (bicyclic) bond motifs is 1. The van der Waals surface area contributed by atoms with Gasteiger partial charge in [-0.15, -0.1) is 11.3 Å². The monoisotopic (exact) mass is 444 g/mol. The summed E-state index contributed by atoms with van der Waals surface area (Å²) in [6.45, 7) is 4.51. The maximum atomic E-state index is 12.9. The highest BCUT2D eigenvalue weighted by Crippen LogP contribution is 2.32. The van der Waals surface area contributed by atoms with Gasteiger partial charge >= 0.3 is 5.97 Å². The van der Waals surface area contributed by atoms with Gasteiger partial charge in [0.2, 0.25) is 0 Å². The quantitative estimate of drug-likeness (QED) is 0.557. The third kappa shape index (κ3) is 4.48. The molecular weight excluding hydrogens is 424 g/mol. The maximum Gasteiger partial charge on any atom is 0.339 e. The number of carbonyl (C=O) groups excluding carboxylic acids is 2. The molecule has 1 aliphatic rings. The van der Waals surface area contributed by atoms with Crippen molar-refractivity contribution >= 4 is 45.7 Å². The zero-order valence-corrected chi connectivity index (χ0v) is 18.2. The number of pyridine rings is 1. The average molecular weight is 445 g/mol. The van der Waals surface area contributed by atoms with Crippen LogP contribution in [-0.2, 0) is 14.3 Å². The Morgan fingerprint density at radius 1 is 1.20 bits per heavy atom. The van der Waals surface area contributed by atoms with Crippen LogP contribution >= 0.6 is 22.9 Å². The van der Waals surface area contributed by atoms with Crippen molar-refractivity contribution in [1.29, 1.82) is 0 Å². The molecule has 2 aromatic heterocycles. The van der Waals surface area contributed by atoms with Crippen molar-refractivity contribution in [2.45, 2.75) is 26.1 Å². The van der Waals surface area contributed by atoms with E-state index in [0.717, 1.165) is 4.88 Å². The summed E-state index contributed by atoms with van der Waals surface area (Å²) in [5.41, 5.74) is 1.69. The van der Waals surface area contributed by atoms with Gasteiger partial charge in [-0.25, -0.2) is 9.78 Å². The molecule has 3 aromatic rings. The third-order valence-corrected chi connectivity index (χ3v) is 6.11.